The molecule has 0 aliphatic heterocycles. The summed E-state index contributed by atoms with van der Waals surface area (Å²) in [4.78, 5) is 4.46. The topological polar surface area (TPSA) is 48.7 Å². The van der Waals surface area contributed by atoms with Gasteiger partial charge in [-0.2, -0.15) is 5.26 Å². The number of hydrogen-bond acceptors (Lipinski definition) is 3. The zero-order valence-corrected chi connectivity index (χ0v) is 11.3. The van der Waals surface area contributed by atoms with Gasteiger partial charge >= 0.3 is 0 Å². The Labute approximate surface area is 121 Å². The number of rotatable bonds is 3. The highest BCUT2D eigenvalue weighted by molar-refractivity contribution is 5.55. The third-order valence-electron chi connectivity index (χ3n) is 3.63. The number of anilines is 1. The van der Waals surface area contributed by atoms with Gasteiger partial charge in [-0.25, -0.2) is 13.8 Å². The number of aromatic nitrogens is 1. The van der Waals surface area contributed by atoms with Crippen LogP contribution >= 0.6 is 0 Å². The molecule has 106 valence electrons. The highest BCUT2D eigenvalue weighted by Crippen LogP contribution is 2.25. The molecule has 3 rings (SSSR count). The van der Waals surface area contributed by atoms with Crippen LogP contribution in [0.5, 0.6) is 0 Å². The Bertz CT molecular complexity index is 735. The summed E-state index contributed by atoms with van der Waals surface area (Å²) in [5.41, 5.74) is 2.90. The Morgan fingerprint density at radius 3 is 2.86 bits per heavy atom. The van der Waals surface area contributed by atoms with E-state index in [9.17, 15) is 14.0 Å². The van der Waals surface area contributed by atoms with Crippen molar-refractivity contribution in [3.05, 3.63) is 58.3 Å². The molecule has 1 aromatic heterocycles. The van der Waals surface area contributed by atoms with Crippen LogP contribution in [0, 0.1) is 23.0 Å². The molecule has 0 unspecified atom stereocenters. The van der Waals surface area contributed by atoms with Gasteiger partial charge in [0.25, 0.3) is 0 Å². The van der Waals surface area contributed by atoms with Crippen molar-refractivity contribution in [3.63, 3.8) is 0 Å². The van der Waals surface area contributed by atoms with E-state index in [2.05, 4.69) is 16.4 Å². The number of nitriles is 1. The third kappa shape index (κ3) is 2.70. The predicted octanol–water partition coefficient (Wildman–Crippen LogP) is 3.33. The number of halogens is 2. The van der Waals surface area contributed by atoms with Gasteiger partial charge in [0.2, 0.25) is 0 Å². The lowest BCUT2D eigenvalue weighted by molar-refractivity contribution is 0.574. The summed E-state index contributed by atoms with van der Waals surface area (Å²) in [6, 6.07) is 7.39. The number of nitrogens with zero attached hydrogens (tertiary/aromatic N) is 2. The predicted molar refractivity (Wildman–Crippen MR) is 74.7 cm³/mol. The minimum absolute atomic E-state index is 0.159. The molecule has 0 bridgehead atoms. The second-order valence-electron chi connectivity index (χ2n) is 5.04. The quantitative estimate of drug-likeness (QED) is 0.941. The summed E-state index contributed by atoms with van der Waals surface area (Å²) in [6.45, 7) is 0.159. The smallest absolute Gasteiger partial charge is 0.144 e. The van der Waals surface area contributed by atoms with Crippen molar-refractivity contribution >= 4 is 5.82 Å². The Balaban J connectivity index is 1.83. The summed E-state index contributed by atoms with van der Waals surface area (Å²) < 4.78 is 26.5. The molecule has 0 amide bonds. The number of pyridine rings is 1. The Hall–Kier alpha value is -2.48. The monoisotopic (exact) mass is 285 g/mol. The molecule has 0 saturated carbocycles. The maximum absolute atomic E-state index is 13.6. The summed E-state index contributed by atoms with van der Waals surface area (Å²) in [7, 11) is 0. The van der Waals surface area contributed by atoms with Gasteiger partial charge in [-0.3, -0.25) is 0 Å². The lowest BCUT2D eigenvalue weighted by Gasteiger charge is -2.10. The SMILES string of the molecule is N#Cc1cc2c(nc1NCc1ccc(F)cc1F)CCC2. The van der Waals surface area contributed by atoms with Crippen molar-refractivity contribution in [3.8, 4) is 6.07 Å². The normalized spacial score (nSPS) is 12.8. The Kier molecular flexibility index (Phi) is 3.53. The van der Waals surface area contributed by atoms with E-state index < -0.39 is 11.6 Å². The van der Waals surface area contributed by atoms with Gasteiger partial charge < -0.3 is 5.32 Å². The van der Waals surface area contributed by atoms with Gasteiger partial charge in [0.1, 0.15) is 23.5 Å². The molecule has 5 heteroatoms. The van der Waals surface area contributed by atoms with E-state index in [1.807, 2.05) is 6.07 Å². The highest BCUT2D eigenvalue weighted by Gasteiger charge is 2.16. The first kappa shape index (κ1) is 13.5. The summed E-state index contributed by atoms with van der Waals surface area (Å²) in [6.07, 6.45) is 2.90. The van der Waals surface area contributed by atoms with Gasteiger partial charge in [-0.1, -0.05) is 6.07 Å². The van der Waals surface area contributed by atoms with Crippen molar-refractivity contribution in [2.45, 2.75) is 25.8 Å². The molecule has 21 heavy (non-hydrogen) atoms. The van der Waals surface area contributed by atoms with Gasteiger partial charge in [0.15, 0.2) is 0 Å². The number of fused-ring (bicyclic) bond motifs is 1. The molecule has 1 N–H and O–H groups in total. The molecule has 0 radical (unpaired) electrons. The van der Waals surface area contributed by atoms with Gasteiger partial charge in [0, 0.05) is 23.9 Å². The van der Waals surface area contributed by atoms with Crippen molar-refractivity contribution in [2.24, 2.45) is 0 Å². The molecule has 1 aromatic carbocycles. The van der Waals surface area contributed by atoms with Crippen LogP contribution in [0.1, 0.15) is 28.8 Å². The second kappa shape index (κ2) is 5.49. The summed E-state index contributed by atoms with van der Waals surface area (Å²) in [5, 5.41) is 12.2. The average molecular weight is 285 g/mol. The largest absolute Gasteiger partial charge is 0.365 e. The molecule has 0 spiro atoms. The maximum Gasteiger partial charge on any atom is 0.144 e. The van der Waals surface area contributed by atoms with E-state index in [1.165, 1.54) is 12.1 Å². The summed E-state index contributed by atoms with van der Waals surface area (Å²) in [5.74, 6) is -0.756. The van der Waals surface area contributed by atoms with Crippen LogP contribution in [-0.4, -0.2) is 4.98 Å². The fourth-order valence-corrected chi connectivity index (χ4v) is 2.54. The van der Waals surface area contributed by atoms with E-state index >= 15 is 0 Å². The van der Waals surface area contributed by atoms with E-state index in [0.717, 1.165) is 36.6 Å². The fourth-order valence-electron chi connectivity index (χ4n) is 2.54. The second-order valence-corrected chi connectivity index (χ2v) is 5.04. The number of aryl methyl sites for hydroxylation is 2. The molecule has 1 aliphatic carbocycles. The standard InChI is InChI=1S/C16H13F2N3/c17-13-5-4-11(14(18)7-13)9-20-16-12(8-19)6-10-2-1-3-15(10)21-16/h4-7H,1-3,9H2,(H,20,21). The highest BCUT2D eigenvalue weighted by atomic mass is 19.1. The average Bonchev–Trinajstić information content (AvgIpc) is 2.92. The van der Waals surface area contributed by atoms with Crippen molar-refractivity contribution in [2.75, 3.05) is 5.32 Å². The van der Waals surface area contributed by atoms with Crippen LogP contribution in [0.2, 0.25) is 0 Å². The fraction of sp³-hybridized carbons (Fsp3) is 0.250. The van der Waals surface area contributed by atoms with Crippen LogP contribution in [-0.2, 0) is 19.4 Å². The number of nitrogens with one attached hydrogen (secondary N) is 1. The zero-order chi connectivity index (χ0) is 14.8. The van der Waals surface area contributed by atoms with Crippen LogP contribution in [0.3, 0.4) is 0 Å². The Morgan fingerprint density at radius 2 is 2.10 bits per heavy atom. The minimum atomic E-state index is -0.609. The van der Waals surface area contributed by atoms with Crippen LogP contribution < -0.4 is 5.32 Å². The molecular weight excluding hydrogens is 272 g/mol. The molecule has 0 atom stereocenters. The number of hydrogen-bond donors (Lipinski definition) is 1. The van der Waals surface area contributed by atoms with Crippen LogP contribution in [0.4, 0.5) is 14.6 Å². The molecule has 3 nitrogen and oxygen atoms in total. The molecule has 0 fully saturated rings. The van der Waals surface area contributed by atoms with Crippen LogP contribution in [0.25, 0.3) is 0 Å². The van der Waals surface area contributed by atoms with Gasteiger partial charge in [0.05, 0.1) is 5.56 Å². The van der Waals surface area contributed by atoms with Crippen LogP contribution in [0.15, 0.2) is 24.3 Å². The lowest BCUT2D eigenvalue weighted by Crippen LogP contribution is -2.07. The van der Waals surface area contributed by atoms with E-state index in [-0.39, 0.29) is 6.54 Å². The van der Waals surface area contributed by atoms with Crippen molar-refractivity contribution in [1.82, 2.24) is 4.98 Å². The maximum atomic E-state index is 13.6. The third-order valence-corrected chi connectivity index (χ3v) is 3.63. The van der Waals surface area contributed by atoms with E-state index in [1.54, 1.807) is 0 Å². The first-order chi connectivity index (χ1) is 10.2. The molecule has 1 heterocycles. The minimum Gasteiger partial charge on any atom is -0.365 e. The zero-order valence-electron chi connectivity index (χ0n) is 11.3. The van der Waals surface area contributed by atoms with Crippen molar-refractivity contribution in [1.29, 1.82) is 5.26 Å². The van der Waals surface area contributed by atoms with E-state index in [0.29, 0.717) is 16.9 Å². The van der Waals surface area contributed by atoms with Gasteiger partial charge in [-0.15, -0.1) is 0 Å². The first-order valence-electron chi connectivity index (χ1n) is 6.78. The van der Waals surface area contributed by atoms with Crippen molar-refractivity contribution < 1.29 is 8.78 Å². The first-order valence-corrected chi connectivity index (χ1v) is 6.78. The Morgan fingerprint density at radius 1 is 1.24 bits per heavy atom. The van der Waals surface area contributed by atoms with E-state index in [4.69, 9.17) is 0 Å². The molecular formula is C16H13F2N3. The number of benzene rings is 1. The molecule has 1 aliphatic rings. The van der Waals surface area contributed by atoms with Gasteiger partial charge in [-0.05, 0) is 37.0 Å². The summed E-state index contributed by atoms with van der Waals surface area (Å²) >= 11 is 0. The molecule has 0 saturated heterocycles. The lowest BCUT2D eigenvalue weighted by atomic mass is 10.1. The molecule has 2 aromatic rings.